The topological polar surface area (TPSA) is 28.2 Å². The number of hydrogen-bond donors (Lipinski definition) is 1. The first-order chi connectivity index (χ1) is 10.3. The third kappa shape index (κ3) is 4.58. The molecule has 2 aliphatic rings. The molecule has 0 amide bonds. The Hall–Kier alpha value is -0.800. The van der Waals surface area contributed by atoms with E-state index < -0.39 is 0 Å². The molecule has 1 N–H and O–H groups in total. The first-order valence-electron chi connectivity index (χ1n) is 8.36. The van der Waals surface area contributed by atoms with Crippen molar-refractivity contribution < 1.29 is 0 Å². The Morgan fingerprint density at radius 3 is 2.48 bits per heavy atom. The van der Waals surface area contributed by atoms with E-state index in [-0.39, 0.29) is 0 Å². The maximum absolute atomic E-state index is 6.29. The van der Waals surface area contributed by atoms with Crippen LogP contribution in [0.15, 0.2) is 12.3 Å². The second-order valence-corrected chi connectivity index (χ2v) is 7.01. The van der Waals surface area contributed by atoms with Crippen LogP contribution in [0, 0.1) is 11.8 Å². The SMILES string of the molecule is CCCNCc1cc(N(CC2CC2)CC2CC2)ncc1Cl. The van der Waals surface area contributed by atoms with E-state index in [1.807, 2.05) is 6.20 Å². The number of rotatable bonds is 9. The zero-order valence-corrected chi connectivity index (χ0v) is 13.7. The summed E-state index contributed by atoms with van der Waals surface area (Å²) < 4.78 is 0. The van der Waals surface area contributed by atoms with Crippen LogP contribution < -0.4 is 10.2 Å². The lowest BCUT2D eigenvalue weighted by atomic mass is 10.2. The number of nitrogens with one attached hydrogen (secondary N) is 1. The molecule has 21 heavy (non-hydrogen) atoms. The van der Waals surface area contributed by atoms with Gasteiger partial charge in [0.25, 0.3) is 0 Å². The standard InChI is InChI=1S/C17H26ClN3/c1-2-7-19-9-15-8-17(20-10-16(15)18)21(11-13-3-4-13)12-14-5-6-14/h8,10,13-14,19H,2-7,9,11-12H2,1H3. The molecule has 1 aromatic rings. The Bertz CT molecular complexity index is 455. The van der Waals surface area contributed by atoms with Gasteiger partial charge in [0, 0.05) is 25.8 Å². The fourth-order valence-electron chi connectivity index (χ4n) is 2.66. The Morgan fingerprint density at radius 1 is 1.24 bits per heavy atom. The highest BCUT2D eigenvalue weighted by Gasteiger charge is 2.30. The summed E-state index contributed by atoms with van der Waals surface area (Å²) >= 11 is 6.29. The van der Waals surface area contributed by atoms with Gasteiger partial charge in [-0.2, -0.15) is 0 Å². The minimum absolute atomic E-state index is 0.778. The van der Waals surface area contributed by atoms with E-state index in [4.69, 9.17) is 11.6 Å². The molecule has 0 unspecified atom stereocenters. The lowest BCUT2D eigenvalue weighted by Crippen LogP contribution is -2.29. The van der Waals surface area contributed by atoms with E-state index >= 15 is 0 Å². The number of aromatic nitrogens is 1. The van der Waals surface area contributed by atoms with Crippen LogP contribution in [0.4, 0.5) is 5.82 Å². The normalized spacial score (nSPS) is 18.0. The van der Waals surface area contributed by atoms with Gasteiger partial charge in [-0.25, -0.2) is 4.98 Å². The molecule has 0 spiro atoms. The van der Waals surface area contributed by atoms with Crippen molar-refractivity contribution in [3.05, 3.63) is 22.8 Å². The van der Waals surface area contributed by atoms with Gasteiger partial charge in [-0.05, 0) is 62.1 Å². The molecule has 3 nitrogen and oxygen atoms in total. The Kier molecular flexibility index (Phi) is 5.02. The number of hydrogen-bond acceptors (Lipinski definition) is 3. The molecular formula is C17H26ClN3. The van der Waals surface area contributed by atoms with Crippen LogP contribution in [0.1, 0.15) is 44.6 Å². The summed E-state index contributed by atoms with van der Waals surface area (Å²) in [6.45, 7) is 6.39. The van der Waals surface area contributed by atoms with Crippen LogP contribution in [-0.4, -0.2) is 24.6 Å². The molecule has 0 bridgehead atoms. The molecule has 2 saturated carbocycles. The number of anilines is 1. The number of nitrogens with zero attached hydrogens (tertiary/aromatic N) is 2. The van der Waals surface area contributed by atoms with Gasteiger partial charge in [-0.3, -0.25) is 0 Å². The molecule has 1 aromatic heterocycles. The molecular weight excluding hydrogens is 282 g/mol. The van der Waals surface area contributed by atoms with Crippen molar-refractivity contribution in [1.29, 1.82) is 0 Å². The summed E-state index contributed by atoms with van der Waals surface area (Å²) in [4.78, 5) is 7.09. The van der Waals surface area contributed by atoms with E-state index in [9.17, 15) is 0 Å². The molecule has 0 saturated heterocycles. The first-order valence-corrected chi connectivity index (χ1v) is 8.74. The number of halogens is 1. The molecule has 1 heterocycles. The zero-order valence-electron chi connectivity index (χ0n) is 12.9. The smallest absolute Gasteiger partial charge is 0.128 e. The monoisotopic (exact) mass is 307 g/mol. The molecule has 0 atom stereocenters. The van der Waals surface area contributed by atoms with Crippen molar-refractivity contribution in [1.82, 2.24) is 10.3 Å². The van der Waals surface area contributed by atoms with Crippen LogP contribution in [0.25, 0.3) is 0 Å². The fourth-order valence-corrected chi connectivity index (χ4v) is 2.83. The molecule has 2 aliphatic carbocycles. The Labute approximate surface area is 133 Å². The minimum Gasteiger partial charge on any atom is -0.356 e. The highest BCUT2D eigenvalue weighted by Crippen LogP contribution is 2.35. The van der Waals surface area contributed by atoms with Gasteiger partial charge >= 0.3 is 0 Å². The van der Waals surface area contributed by atoms with Crippen molar-refractivity contribution in [3.63, 3.8) is 0 Å². The van der Waals surface area contributed by atoms with Crippen LogP contribution in [0.2, 0.25) is 5.02 Å². The van der Waals surface area contributed by atoms with Crippen molar-refractivity contribution in [2.45, 2.75) is 45.6 Å². The molecule has 0 aromatic carbocycles. The fraction of sp³-hybridized carbons (Fsp3) is 0.706. The minimum atomic E-state index is 0.778. The third-order valence-corrected chi connectivity index (χ3v) is 4.68. The van der Waals surface area contributed by atoms with Crippen LogP contribution >= 0.6 is 11.6 Å². The molecule has 2 fully saturated rings. The van der Waals surface area contributed by atoms with E-state index in [0.29, 0.717) is 0 Å². The maximum Gasteiger partial charge on any atom is 0.128 e. The quantitative estimate of drug-likeness (QED) is 0.702. The van der Waals surface area contributed by atoms with E-state index in [2.05, 4.69) is 28.2 Å². The van der Waals surface area contributed by atoms with Gasteiger partial charge in [-0.1, -0.05) is 18.5 Å². The van der Waals surface area contributed by atoms with Crippen molar-refractivity contribution in [3.8, 4) is 0 Å². The van der Waals surface area contributed by atoms with E-state index in [1.54, 1.807) is 0 Å². The average Bonchev–Trinajstić information content (AvgIpc) is 3.36. The summed E-state index contributed by atoms with van der Waals surface area (Å²) in [5, 5.41) is 4.21. The average molecular weight is 308 g/mol. The number of pyridine rings is 1. The zero-order chi connectivity index (χ0) is 14.7. The predicted octanol–water partition coefficient (Wildman–Crippen LogP) is 3.86. The van der Waals surface area contributed by atoms with Crippen LogP contribution in [-0.2, 0) is 6.54 Å². The predicted molar refractivity (Wildman–Crippen MR) is 88.9 cm³/mol. The Balaban J connectivity index is 1.69. The van der Waals surface area contributed by atoms with Gasteiger partial charge in [0.15, 0.2) is 0 Å². The summed E-state index contributed by atoms with van der Waals surface area (Å²) in [5.41, 5.74) is 1.17. The summed E-state index contributed by atoms with van der Waals surface area (Å²) in [6.07, 6.45) is 8.52. The molecule has 4 heteroatoms. The van der Waals surface area contributed by atoms with Crippen molar-refractivity contribution >= 4 is 17.4 Å². The molecule has 0 radical (unpaired) electrons. The van der Waals surface area contributed by atoms with Crippen molar-refractivity contribution in [2.24, 2.45) is 11.8 Å². The van der Waals surface area contributed by atoms with Gasteiger partial charge < -0.3 is 10.2 Å². The lowest BCUT2D eigenvalue weighted by molar-refractivity contribution is 0.663. The van der Waals surface area contributed by atoms with Gasteiger partial charge in [0.1, 0.15) is 5.82 Å². The lowest BCUT2D eigenvalue weighted by Gasteiger charge is -2.24. The second-order valence-electron chi connectivity index (χ2n) is 6.60. The summed E-state index contributed by atoms with van der Waals surface area (Å²) in [6, 6.07) is 2.19. The Morgan fingerprint density at radius 2 is 1.90 bits per heavy atom. The van der Waals surface area contributed by atoms with Gasteiger partial charge in [-0.15, -0.1) is 0 Å². The van der Waals surface area contributed by atoms with Crippen molar-refractivity contribution in [2.75, 3.05) is 24.5 Å². The van der Waals surface area contributed by atoms with Crippen LogP contribution in [0.3, 0.4) is 0 Å². The second kappa shape index (κ2) is 6.97. The largest absolute Gasteiger partial charge is 0.356 e. The first kappa shape index (κ1) is 15.1. The molecule has 0 aliphatic heterocycles. The van der Waals surface area contributed by atoms with E-state index in [0.717, 1.165) is 42.2 Å². The highest BCUT2D eigenvalue weighted by molar-refractivity contribution is 6.31. The molecule has 116 valence electrons. The summed E-state index contributed by atoms with van der Waals surface area (Å²) in [5.74, 6) is 2.90. The van der Waals surface area contributed by atoms with Gasteiger partial charge in [0.05, 0.1) is 5.02 Å². The van der Waals surface area contributed by atoms with Gasteiger partial charge in [0.2, 0.25) is 0 Å². The third-order valence-electron chi connectivity index (χ3n) is 4.34. The van der Waals surface area contributed by atoms with E-state index in [1.165, 1.54) is 44.3 Å². The maximum atomic E-state index is 6.29. The van der Waals surface area contributed by atoms with Crippen LogP contribution in [0.5, 0.6) is 0 Å². The summed E-state index contributed by atoms with van der Waals surface area (Å²) in [7, 11) is 0. The molecule has 3 rings (SSSR count). The highest BCUT2D eigenvalue weighted by atomic mass is 35.5.